The van der Waals surface area contributed by atoms with Crippen LogP contribution in [0.3, 0.4) is 0 Å². The Balaban J connectivity index is 0.000000130. The second kappa shape index (κ2) is 36.0. The number of rotatable bonds is 19. The normalized spacial score (nSPS) is 14.3. The maximum Gasteiger partial charge on any atom is 0.227 e. The zero-order valence-electron chi connectivity index (χ0n) is 59.2. The molecule has 8 aromatic heterocycles. The molecule has 3 saturated heterocycles. The highest BCUT2D eigenvalue weighted by atomic mass is 32.1. The number of nitrogens with zero attached hydrogens (tertiary/aromatic N) is 16. The third kappa shape index (κ3) is 21.9. The zero-order valence-corrected chi connectivity index (χ0v) is 62.5. The van der Waals surface area contributed by atoms with Gasteiger partial charge in [-0.1, -0.05) is 49.7 Å². The van der Waals surface area contributed by atoms with E-state index in [-0.39, 0.29) is 0 Å². The minimum atomic E-state index is 0.580. The maximum absolute atomic E-state index is 5.41. The topological polar surface area (TPSA) is 225 Å². The van der Waals surface area contributed by atoms with Gasteiger partial charge in [0.2, 0.25) is 23.8 Å². The van der Waals surface area contributed by atoms with Crippen molar-refractivity contribution in [1.29, 1.82) is 0 Å². The van der Waals surface area contributed by atoms with Gasteiger partial charge in [0, 0.05) is 151 Å². The third-order valence-electron chi connectivity index (χ3n) is 16.8. The molecule has 0 atom stereocenters. The molecule has 0 unspecified atom stereocenters. The summed E-state index contributed by atoms with van der Waals surface area (Å²) in [4.78, 5) is 68.9. The van der Waals surface area contributed by atoms with Gasteiger partial charge in [0.25, 0.3) is 0 Å². The van der Waals surface area contributed by atoms with Crippen LogP contribution in [0.25, 0.3) is 42.8 Å². The number of aryl methyl sites for hydroxylation is 7. The highest BCUT2D eigenvalue weighted by Gasteiger charge is 2.20. The van der Waals surface area contributed by atoms with E-state index in [9.17, 15) is 0 Å². The van der Waals surface area contributed by atoms with Crippen LogP contribution in [-0.4, -0.2) is 152 Å². The van der Waals surface area contributed by atoms with E-state index in [1.807, 2.05) is 86.3 Å². The van der Waals surface area contributed by atoms with Gasteiger partial charge in [-0.15, -0.1) is 45.3 Å². The minimum Gasteiger partial charge on any atom is -0.379 e. The SMILES string of the molecule is CCN1CCN(Cc2cnc(-c3ccnc(Nc4cc(C)cc(C)c4)n3)s2)CC1.Cc1cc(C)cc(Nc2nccc(-c3ncc(CN4CCCCC4)s3)n2)c1.Cc1cc(C)cc(Nc2nccc(-c3ncc(CN4CCOCC4)s3)n2)c1.Cc1cnc(-c2ccnc(Nc3ccccc3)n2)s1. The standard InChI is InChI=1S/C22H28N6S.C21H25N5S.C20H23N5OS.C14H12N4S/c1-4-27-7-9-28(10-8-27)15-19-14-24-21(29-19)20-5-6-23-22(26-20)25-18-12-16(2)11-17(3)13-18;1-15-10-16(2)12-17(11-15)24-21-22-7-6-19(25-21)20-23-13-18(27-20)14-26-8-4-3-5-9-26;1-14-9-15(2)11-16(10-14)23-20-21-4-3-18(24-20)19-22-12-17(27-19)13-25-5-7-26-8-6-25;1-10-9-16-13(19-10)12-7-8-15-14(18-12)17-11-5-3-2-4-6-11/h5-6,11-14H,4,7-10,15H2,1-3H3,(H,23,25,26);6-7,10-13H,3-5,8-9,14H2,1-2H3,(H,22,24,25);3-4,9-12H,5-8,13H2,1-2H3,(H,21,23,24);2-9H,1H3,(H,15,17,18). The first kappa shape index (κ1) is 72.5. The highest BCUT2D eigenvalue weighted by molar-refractivity contribution is 7.15. The number of piperidine rings is 1. The van der Waals surface area contributed by atoms with E-state index in [0.717, 1.165) is 144 Å². The van der Waals surface area contributed by atoms with Crippen molar-refractivity contribution in [2.24, 2.45) is 0 Å². The summed E-state index contributed by atoms with van der Waals surface area (Å²) in [5, 5.41) is 16.8. The Morgan fingerprint density at radius 1 is 0.343 bits per heavy atom. The van der Waals surface area contributed by atoms with Gasteiger partial charge < -0.3 is 30.9 Å². The van der Waals surface area contributed by atoms with E-state index in [1.54, 1.807) is 70.1 Å². The monoisotopic (exact) mass is 1440 g/mol. The van der Waals surface area contributed by atoms with Gasteiger partial charge in [-0.2, -0.15) is 0 Å². The molecule has 526 valence electrons. The Kier molecular flexibility index (Phi) is 25.6. The summed E-state index contributed by atoms with van der Waals surface area (Å²) in [6, 6.07) is 36.5. The number of nitrogens with one attached hydrogen (secondary N) is 4. The van der Waals surface area contributed by atoms with E-state index in [4.69, 9.17) is 4.74 Å². The Bertz CT molecular complexity index is 4420. The van der Waals surface area contributed by atoms with Crippen molar-refractivity contribution in [2.75, 3.05) is 93.4 Å². The number of para-hydroxylation sites is 1. The first-order chi connectivity index (χ1) is 49.7. The lowest BCUT2D eigenvalue weighted by molar-refractivity contribution is 0.0346. The van der Waals surface area contributed by atoms with Gasteiger partial charge in [-0.05, 0) is 187 Å². The fourth-order valence-corrected chi connectivity index (χ4v) is 15.6. The number of benzene rings is 4. The lowest BCUT2D eigenvalue weighted by Crippen LogP contribution is -2.45. The zero-order chi connectivity index (χ0) is 70.6. The summed E-state index contributed by atoms with van der Waals surface area (Å²) in [5.41, 5.74) is 14.7. The molecule has 4 aromatic carbocycles. The molecule has 0 amide bonds. The number of piperazine rings is 1. The molecule has 3 aliphatic rings. The van der Waals surface area contributed by atoms with Crippen LogP contribution >= 0.6 is 45.3 Å². The third-order valence-corrected chi connectivity index (χ3v) is 20.8. The van der Waals surface area contributed by atoms with E-state index < -0.39 is 0 Å². The summed E-state index contributed by atoms with van der Waals surface area (Å²) < 4.78 is 5.41. The van der Waals surface area contributed by atoms with Crippen LogP contribution in [0.1, 0.15) is 79.1 Å². The van der Waals surface area contributed by atoms with Crippen molar-refractivity contribution in [1.82, 2.24) is 79.4 Å². The van der Waals surface area contributed by atoms with Crippen LogP contribution in [-0.2, 0) is 24.4 Å². The van der Waals surface area contributed by atoms with Crippen molar-refractivity contribution < 1.29 is 4.74 Å². The van der Waals surface area contributed by atoms with Gasteiger partial charge in [0.05, 0.1) is 13.2 Å². The molecule has 0 bridgehead atoms. The molecule has 12 aromatic rings. The summed E-state index contributed by atoms with van der Waals surface area (Å²) in [7, 11) is 0. The van der Waals surface area contributed by atoms with Gasteiger partial charge in [-0.25, -0.2) is 59.8 Å². The number of morpholine rings is 1. The molecule has 0 spiro atoms. The molecular formula is C77H88N20OS4. The molecule has 3 aliphatic heterocycles. The predicted octanol–water partition coefficient (Wildman–Crippen LogP) is 16.5. The van der Waals surface area contributed by atoms with Crippen molar-refractivity contribution in [3.63, 3.8) is 0 Å². The molecule has 0 aliphatic carbocycles. The van der Waals surface area contributed by atoms with E-state index in [0.29, 0.717) is 23.8 Å². The summed E-state index contributed by atoms with van der Waals surface area (Å²) >= 11 is 6.76. The Labute approximate surface area is 614 Å². The second-order valence-electron chi connectivity index (χ2n) is 25.7. The van der Waals surface area contributed by atoms with E-state index >= 15 is 0 Å². The Hall–Kier alpha value is -9.28. The summed E-state index contributed by atoms with van der Waals surface area (Å²) in [6.45, 7) is 31.4. The molecule has 4 N–H and O–H groups in total. The number of likely N-dealkylation sites (tertiary alicyclic amines) is 1. The van der Waals surface area contributed by atoms with Crippen LogP contribution in [0.4, 0.5) is 46.5 Å². The smallest absolute Gasteiger partial charge is 0.227 e. The number of thiazole rings is 4. The Morgan fingerprint density at radius 3 is 1.04 bits per heavy atom. The number of anilines is 8. The van der Waals surface area contributed by atoms with Gasteiger partial charge in [-0.3, -0.25) is 14.7 Å². The number of hydrogen-bond donors (Lipinski definition) is 4. The number of likely N-dealkylation sites (N-methyl/N-ethyl adjacent to an activating group) is 1. The van der Waals surface area contributed by atoms with Gasteiger partial charge in [0.1, 0.15) is 42.8 Å². The maximum atomic E-state index is 5.41. The van der Waals surface area contributed by atoms with Crippen LogP contribution in [0, 0.1) is 48.5 Å². The molecule has 15 rings (SSSR count). The fourth-order valence-electron chi connectivity index (χ4n) is 12.1. The number of aromatic nitrogens is 12. The van der Waals surface area contributed by atoms with Crippen LogP contribution in [0.15, 0.2) is 159 Å². The molecule has 0 radical (unpaired) electrons. The van der Waals surface area contributed by atoms with Crippen molar-refractivity contribution in [3.8, 4) is 42.8 Å². The fraction of sp³-hybridized carbons (Fsp3) is 0.325. The van der Waals surface area contributed by atoms with Crippen LogP contribution in [0.5, 0.6) is 0 Å². The quantitative estimate of drug-likeness (QED) is 0.0590. The molecule has 25 heteroatoms. The average Bonchev–Trinajstić information content (AvgIpc) is 1.70. The lowest BCUT2D eigenvalue weighted by Gasteiger charge is -2.33. The summed E-state index contributed by atoms with van der Waals surface area (Å²) in [5.74, 6) is 2.37. The molecule has 11 heterocycles. The van der Waals surface area contributed by atoms with Crippen LogP contribution in [0.2, 0.25) is 0 Å². The predicted molar refractivity (Wildman–Crippen MR) is 417 cm³/mol. The largest absolute Gasteiger partial charge is 0.379 e. The summed E-state index contributed by atoms with van der Waals surface area (Å²) in [6.07, 6.45) is 18.9. The van der Waals surface area contributed by atoms with Crippen molar-refractivity contribution in [3.05, 3.63) is 212 Å². The van der Waals surface area contributed by atoms with Gasteiger partial charge >= 0.3 is 0 Å². The van der Waals surface area contributed by atoms with Crippen LogP contribution < -0.4 is 21.3 Å². The van der Waals surface area contributed by atoms with Crippen molar-refractivity contribution >= 4 is 91.9 Å². The number of hydrogen-bond acceptors (Lipinski definition) is 25. The lowest BCUT2D eigenvalue weighted by atomic mass is 10.1. The first-order valence-electron chi connectivity index (χ1n) is 34.7. The molecule has 0 saturated carbocycles. The Morgan fingerprint density at radius 2 is 0.676 bits per heavy atom. The van der Waals surface area contributed by atoms with E-state index in [2.05, 4.69) is 204 Å². The first-order valence-corrected chi connectivity index (χ1v) is 37.9. The highest BCUT2D eigenvalue weighted by Crippen LogP contribution is 2.31. The average molecular weight is 1440 g/mol. The molecule has 3 fully saturated rings. The van der Waals surface area contributed by atoms with Gasteiger partial charge in [0.15, 0.2) is 0 Å². The second-order valence-corrected chi connectivity index (χ2v) is 30.2. The minimum absolute atomic E-state index is 0.580. The molecule has 21 nitrogen and oxygen atoms in total. The van der Waals surface area contributed by atoms with E-state index in [1.165, 1.54) is 85.2 Å². The molecule has 102 heavy (non-hydrogen) atoms. The molecular weight excluding hydrogens is 1350 g/mol. The van der Waals surface area contributed by atoms with Crippen molar-refractivity contribution in [2.45, 2.75) is 94.3 Å². The number of ether oxygens (including phenoxy) is 1.